The van der Waals surface area contributed by atoms with Crippen molar-refractivity contribution in [1.82, 2.24) is 0 Å². The summed E-state index contributed by atoms with van der Waals surface area (Å²) in [6, 6.07) is 0. The maximum Gasteiger partial charge on any atom is 0.306 e. The molecule has 6 nitrogen and oxygen atoms in total. The standard InChI is InChI=1S/C45H86O6/c1-7-41(6)33-27-21-14-11-12-15-22-28-34-43(46)49-37-42(38-50-44(47)35-29-23-18-17-20-26-32-40(4)5)51-45(48)36-30-24-16-10-8-9-13-19-25-31-39(2)3/h39-42H,7-38H2,1-6H3/t41?,42-/m1/s1. The van der Waals surface area contributed by atoms with E-state index in [1.807, 2.05) is 0 Å². The highest BCUT2D eigenvalue weighted by molar-refractivity contribution is 5.71. The second-order valence-corrected chi connectivity index (χ2v) is 16.5. The molecule has 1 unspecified atom stereocenters. The van der Waals surface area contributed by atoms with Gasteiger partial charge in [0.05, 0.1) is 0 Å². The van der Waals surface area contributed by atoms with Crippen LogP contribution in [0.1, 0.15) is 234 Å². The lowest BCUT2D eigenvalue weighted by Gasteiger charge is -2.18. The summed E-state index contributed by atoms with van der Waals surface area (Å²) in [5.41, 5.74) is 0. The van der Waals surface area contributed by atoms with Gasteiger partial charge in [0.15, 0.2) is 6.10 Å². The van der Waals surface area contributed by atoms with Gasteiger partial charge in [-0.25, -0.2) is 0 Å². The zero-order valence-electron chi connectivity index (χ0n) is 34.9. The average molecular weight is 723 g/mol. The van der Waals surface area contributed by atoms with Crippen LogP contribution in [0.25, 0.3) is 0 Å². The molecule has 0 N–H and O–H groups in total. The molecule has 0 aromatic heterocycles. The maximum atomic E-state index is 12.7. The molecule has 0 spiro atoms. The van der Waals surface area contributed by atoms with Crippen LogP contribution in [0.2, 0.25) is 0 Å². The van der Waals surface area contributed by atoms with Crippen LogP contribution >= 0.6 is 0 Å². The molecule has 302 valence electrons. The van der Waals surface area contributed by atoms with Gasteiger partial charge in [0, 0.05) is 19.3 Å². The first-order valence-corrected chi connectivity index (χ1v) is 22.1. The van der Waals surface area contributed by atoms with Crippen LogP contribution in [-0.4, -0.2) is 37.2 Å². The highest BCUT2D eigenvalue weighted by atomic mass is 16.6. The van der Waals surface area contributed by atoms with Crippen LogP contribution in [-0.2, 0) is 28.6 Å². The van der Waals surface area contributed by atoms with Gasteiger partial charge in [-0.1, -0.05) is 196 Å². The van der Waals surface area contributed by atoms with Crippen LogP contribution in [0.4, 0.5) is 0 Å². The third-order valence-corrected chi connectivity index (χ3v) is 10.3. The molecule has 0 saturated carbocycles. The quantitative estimate of drug-likeness (QED) is 0.0359. The minimum Gasteiger partial charge on any atom is -0.462 e. The summed E-state index contributed by atoms with van der Waals surface area (Å²) < 4.78 is 16.7. The summed E-state index contributed by atoms with van der Waals surface area (Å²) in [7, 11) is 0. The Balaban J connectivity index is 4.36. The van der Waals surface area contributed by atoms with E-state index >= 15 is 0 Å². The molecule has 0 saturated heterocycles. The van der Waals surface area contributed by atoms with Crippen molar-refractivity contribution in [3.05, 3.63) is 0 Å². The molecular formula is C45H86O6. The van der Waals surface area contributed by atoms with Gasteiger partial charge >= 0.3 is 17.9 Å². The molecule has 0 aliphatic heterocycles. The fraction of sp³-hybridized carbons (Fsp3) is 0.933. The van der Waals surface area contributed by atoms with Crippen molar-refractivity contribution in [2.75, 3.05) is 13.2 Å². The lowest BCUT2D eigenvalue weighted by molar-refractivity contribution is -0.167. The topological polar surface area (TPSA) is 78.9 Å². The first-order valence-electron chi connectivity index (χ1n) is 22.1. The second-order valence-electron chi connectivity index (χ2n) is 16.5. The largest absolute Gasteiger partial charge is 0.462 e. The van der Waals surface area contributed by atoms with Crippen molar-refractivity contribution in [3.8, 4) is 0 Å². The van der Waals surface area contributed by atoms with Gasteiger partial charge in [0.2, 0.25) is 0 Å². The van der Waals surface area contributed by atoms with E-state index in [9.17, 15) is 14.4 Å². The minimum absolute atomic E-state index is 0.0674. The van der Waals surface area contributed by atoms with Gasteiger partial charge in [-0.15, -0.1) is 0 Å². The molecule has 0 aromatic rings. The normalized spacial score (nSPS) is 12.7. The van der Waals surface area contributed by atoms with Gasteiger partial charge in [-0.05, 0) is 37.0 Å². The Morgan fingerprint density at radius 1 is 0.392 bits per heavy atom. The van der Waals surface area contributed by atoms with E-state index in [1.165, 1.54) is 116 Å². The van der Waals surface area contributed by atoms with Crippen molar-refractivity contribution < 1.29 is 28.6 Å². The van der Waals surface area contributed by atoms with Crippen molar-refractivity contribution in [3.63, 3.8) is 0 Å². The van der Waals surface area contributed by atoms with Crippen LogP contribution < -0.4 is 0 Å². The van der Waals surface area contributed by atoms with Crippen molar-refractivity contribution >= 4 is 17.9 Å². The number of ether oxygens (including phenoxy) is 3. The van der Waals surface area contributed by atoms with Crippen LogP contribution in [0.5, 0.6) is 0 Å². The predicted octanol–water partition coefficient (Wildman–Crippen LogP) is 13.7. The highest BCUT2D eigenvalue weighted by Gasteiger charge is 2.19. The van der Waals surface area contributed by atoms with E-state index in [0.717, 1.165) is 75.5 Å². The van der Waals surface area contributed by atoms with E-state index in [1.54, 1.807) is 0 Å². The molecule has 0 amide bonds. The van der Waals surface area contributed by atoms with Crippen LogP contribution in [0, 0.1) is 17.8 Å². The van der Waals surface area contributed by atoms with Crippen molar-refractivity contribution in [1.29, 1.82) is 0 Å². The molecule has 0 aliphatic rings. The highest BCUT2D eigenvalue weighted by Crippen LogP contribution is 2.17. The summed E-state index contributed by atoms with van der Waals surface area (Å²) in [6.45, 7) is 13.6. The van der Waals surface area contributed by atoms with Gasteiger partial charge in [-0.2, -0.15) is 0 Å². The van der Waals surface area contributed by atoms with E-state index in [0.29, 0.717) is 19.3 Å². The zero-order valence-corrected chi connectivity index (χ0v) is 34.9. The van der Waals surface area contributed by atoms with Crippen molar-refractivity contribution in [2.45, 2.75) is 240 Å². The number of unbranched alkanes of at least 4 members (excludes halogenated alkanes) is 20. The van der Waals surface area contributed by atoms with Gasteiger partial charge in [-0.3, -0.25) is 14.4 Å². The molecule has 2 atom stereocenters. The molecular weight excluding hydrogens is 636 g/mol. The molecule has 6 heteroatoms. The summed E-state index contributed by atoms with van der Waals surface area (Å²) in [6.07, 6.45) is 32.4. The van der Waals surface area contributed by atoms with Crippen LogP contribution in [0.15, 0.2) is 0 Å². The lowest BCUT2D eigenvalue weighted by Crippen LogP contribution is -2.30. The summed E-state index contributed by atoms with van der Waals surface area (Å²) in [4.78, 5) is 37.6. The molecule has 51 heavy (non-hydrogen) atoms. The monoisotopic (exact) mass is 723 g/mol. The Kier molecular flexibility index (Phi) is 35.6. The Labute approximate surface area is 317 Å². The molecule has 0 bridgehead atoms. The third-order valence-electron chi connectivity index (χ3n) is 10.3. The van der Waals surface area contributed by atoms with Crippen molar-refractivity contribution in [2.24, 2.45) is 17.8 Å². The van der Waals surface area contributed by atoms with E-state index in [2.05, 4.69) is 41.5 Å². The Morgan fingerprint density at radius 3 is 1.02 bits per heavy atom. The SMILES string of the molecule is CCC(C)CCCCCCCCCCC(=O)OC[C@H](COC(=O)CCCCCCCCC(C)C)OC(=O)CCCCCCCCCCCC(C)C. The smallest absolute Gasteiger partial charge is 0.306 e. The molecule has 0 fully saturated rings. The molecule has 0 heterocycles. The first-order chi connectivity index (χ1) is 24.6. The Hall–Kier alpha value is -1.59. The minimum atomic E-state index is -0.762. The summed E-state index contributed by atoms with van der Waals surface area (Å²) in [5.74, 6) is 1.55. The molecule has 0 aliphatic carbocycles. The number of carbonyl (C=O) groups is 3. The van der Waals surface area contributed by atoms with Gasteiger partial charge < -0.3 is 14.2 Å². The number of hydrogen-bond donors (Lipinski definition) is 0. The number of rotatable bonds is 38. The molecule has 0 radical (unpaired) electrons. The number of carbonyl (C=O) groups excluding carboxylic acids is 3. The molecule has 0 rings (SSSR count). The van der Waals surface area contributed by atoms with Gasteiger partial charge in [0.25, 0.3) is 0 Å². The van der Waals surface area contributed by atoms with E-state index < -0.39 is 6.10 Å². The first kappa shape index (κ1) is 49.4. The summed E-state index contributed by atoms with van der Waals surface area (Å²) >= 11 is 0. The fourth-order valence-corrected chi connectivity index (χ4v) is 6.49. The lowest BCUT2D eigenvalue weighted by atomic mass is 9.99. The third kappa shape index (κ3) is 38.0. The number of esters is 3. The second kappa shape index (κ2) is 36.8. The Bertz CT molecular complexity index is 794. The van der Waals surface area contributed by atoms with Gasteiger partial charge in [0.1, 0.15) is 13.2 Å². The molecule has 0 aromatic carbocycles. The van der Waals surface area contributed by atoms with E-state index in [-0.39, 0.29) is 31.1 Å². The maximum absolute atomic E-state index is 12.7. The zero-order chi connectivity index (χ0) is 37.8. The summed E-state index contributed by atoms with van der Waals surface area (Å²) in [5, 5.41) is 0. The van der Waals surface area contributed by atoms with E-state index in [4.69, 9.17) is 14.2 Å². The average Bonchev–Trinajstić information content (AvgIpc) is 3.09. The predicted molar refractivity (Wildman–Crippen MR) is 215 cm³/mol. The Morgan fingerprint density at radius 2 is 0.686 bits per heavy atom. The number of hydrogen-bond acceptors (Lipinski definition) is 6. The van der Waals surface area contributed by atoms with Crippen LogP contribution in [0.3, 0.4) is 0 Å². The fourth-order valence-electron chi connectivity index (χ4n) is 6.49.